The van der Waals surface area contributed by atoms with Crippen LogP contribution in [0, 0.1) is 17.2 Å². The third kappa shape index (κ3) is 12.5. The number of nitriles is 1. The van der Waals surface area contributed by atoms with Crippen molar-refractivity contribution in [3.63, 3.8) is 0 Å². The van der Waals surface area contributed by atoms with Crippen LogP contribution in [0.15, 0.2) is 113 Å². The summed E-state index contributed by atoms with van der Waals surface area (Å²) in [5.41, 5.74) is 1.75. The smallest absolute Gasteiger partial charge is 0.268 e. The van der Waals surface area contributed by atoms with Crippen molar-refractivity contribution in [1.82, 2.24) is 29.1 Å². The second-order valence-corrected chi connectivity index (χ2v) is 22.6. The number of nitrogens with zero attached hydrogens (tertiary/aromatic N) is 4. The number of morpholine rings is 2. The van der Waals surface area contributed by atoms with E-state index in [-0.39, 0.29) is 90.9 Å². The summed E-state index contributed by atoms with van der Waals surface area (Å²) in [7, 11) is -5.77. The zero-order valence-electron chi connectivity index (χ0n) is 37.9. The second-order valence-electron chi connectivity index (χ2n) is 16.8. The van der Waals surface area contributed by atoms with Crippen molar-refractivity contribution in [2.45, 2.75) is 48.3 Å². The largest absolute Gasteiger partial charge is 0.374 e. The molecule has 6 aromatic rings. The van der Waals surface area contributed by atoms with Crippen LogP contribution in [0.5, 0.6) is 0 Å². The number of aryl methyl sites for hydroxylation is 1. The predicted octanol–water partition coefficient (Wildman–Crippen LogP) is 6.43. The molecule has 2 aliphatic heterocycles. The number of thiophene rings is 1. The van der Waals surface area contributed by atoms with E-state index < -0.39 is 38.3 Å². The van der Waals surface area contributed by atoms with Crippen molar-refractivity contribution in [2.75, 3.05) is 52.5 Å². The molecule has 0 radical (unpaired) electrons. The molecule has 0 spiro atoms. The van der Waals surface area contributed by atoms with Gasteiger partial charge in [0.15, 0.2) is 0 Å². The highest BCUT2D eigenvalue weighted by Gasteiger charge is 2.34. The van der Waals surface area contributed by atoms with Gasteiger partial charge in [-0.15, -0.1) is 11.3 Å². The SMILES string of the molecule is CC(C)C[C@H](NC(=O)c1cc2ccccc2n1C)C(=O)NCC1CN(S(=O)(=O)c2ccc(C#N)cc2)CCO1.O=C(NCC1CN(S(=O)(=O)c2ccc(Cl)cc2Cl)CCO1)c1cc2ccccc2s1. The minimum absolute atomic E-state index is 0.00327. The van der Waals surface area contributed by atoms with Gasteiger partial charge >= 0.3 is 0 Å². The van der Waals surface area contributed by atoms with Gasteiger partial charge in [0.05, 0.1) is 51.8 Å². The number of para-hydroxylation sites is 1. The molecule has 2 unspecified atom stereocenters. The Hall–Kier alpha value is -5.40. The van der Waals surface area contributed by atoms with Gasteiger partial charge in [-0.3, -0.25) is 14.4 Å². The maximum Gasteiger partial charge on any atom is 0.268 e. The Bertz CT molecular complexity index is 3070. The number of rotatable bonds is 14. The minimum Gasteiger partial charge on any atom is -0.374 e. The Balaban J connectivity index is 0.000000211. The molecule has 0 saturated carbocycles. The highest BCUT2D eigenvalue weighted by molar-refractivity contribution is 7.89. The molecule has 16 nitrogen and oxygen atoms in total. The number of carbonyl (C=O) groups is 3. The molecule has 21 heteroatoms. The Labute approximate surface area is 415 Å². The number of hydrogen-bond acceptors (Lipinski definition) is 11. The molecule has 2 saturated heterocycles. The van der Waals surface area contributed by atoms with E-state index in [0.717, 1.165) is 21.0 Å². The summed E-state index contributed by atoms with van der Waals surface area (Å²) in [6.45, 7) is 5.24. The van der Waals surface area contributed by atoms with Crippen LogP contribution in [0.2, 0.25) is 10.0 Å². The fraction of sp³-hybridized carbons (Fsp3) is 0.333. The monoisotopic (exact) mass is 1040 g/mol. The maximum absolute atomic E-state index is 13.2. The third-order valence-corrected chi connectivity index (χ3v) is 17.1. The van der Waals surface area contributed by atoms with Crippen molar-refractivity contribution in [1.29, 1.82) is 5.26 Å². The van der Waals surface area contributed by atoms with E-state index in [1.54, 1.807) is 10.6 Å². The van der Waals surface area contributed by atoms with Crippen molar-refractivity contribution in [3.05, 3.63) is 129 Å². The van der Waals surface area contributed by atoms with Gasteiger partial charge in [-0.2, -0.15) is 13.9 Å². The van der Waals surface area contributed by atoms with Crippen LogP contribution in [0.3, 0.4) is 0 Å². The number of aromatic nitrogens is 1. The van der Waals surface area contributed by atoms with Crippen LogP contribution >= 0.6 is 34.5 Å². The Morgan fingerprint density at radius 1 is 0.783 bits per heavy atom. The van der Waals surface area contributed by atoms with E-state index in [0.29, 0.717) is 27.6 Å². The van der Waals surface area contributed by atoms with Crippen LogP contribution in [0.1, 0.15) is 46.0 Å². The van der Waals surface area contributed by atoms with Gasteiger partial charge in [0, 0.05) is 66.9 Å². The molecule has 2 fully saturated rings. The van der Waals surface area contributed by atoms with Crippen LogP contribution in [-0.4, -0.2) is 118 Å². The molecular weight excluding hydrogens is 986 g/mol. The maximum atomic E-state index is 13.2. The molecule has 0 aliphatic carbocycles. The van der Waals surface area contributed by atoms with E-state index in [4.69, 9.17) is 37.9 Å². The van der Waals surface area contributed by atoms with Crippen LogP contribution in [0.4, 0.5) is 0 Å². The van der Waals surface area contributed by atoms with E-state index in [1.165, 1.54) is 62.4 Å². The van der Waals surface area contributed by atoms with Gasteiger partial charge in [-0.25, -0.2) is 16.8 Å². The van der Waals surface area contributed by atoms with Gasteiger partial charge in [0.1, 0.15) is 16.6 Å². The number of hydrogen-bond donors (Lipinski definition) is 3. The van der Waals surface area contributed by atoms with E-state index in [1.807, 2.05) is 81.6 Å². The standard InChI is InChI=1S/C28H33N5O5S.C20H18Cl2N2O4S2/c1-19(2)14-24(31-28(35)26-15-21-6-4-5-7-25(21)32(26)3)27(34)30-17-22-18-33(12-13-38-22)39(36,37)23-10-8-20(16-29)9-11-23;21-14-5-6-19(16(22)10-14)30(26,27)24-7-8-28-15(12-24)11-23-20(25)18-9-13-3-1-2-4-17(13)29-18/h4-11,15,19,22,24H,12-14,17-18H2,1-3H3,(H,30,34)(H,31,35);1-6,9-10,15H,7-8,11-12H2,(H,23,25)/t22?,24-;/m0./s1. The molecule has 2 aliphatic rings. The van der Waals surface area contributed by atoms with Gasteiger partial charge in [-0.1, -0.05) is 73.4 Å². The zero-order valence-corrected chi connectivity index (χ0v) is 41.9. The van der Waals surface area contributed by atoms with Gasteiger partial charge in [-0.05, 0) is 84.5 Å². The fourth-order valence-corrected chi connectivity index (χ4v) is 12.5. The minimum atomic E-state index is -3.80. The predicted molar refractivity (Wildman–Crippen MR) is 265 cm³/mol. The lowest BCUT2D eigenvalue weighted by Crippen LogP contribution is -2.53. The summed E-state index contributed by atoms with van der Waals surface area (Å²) in [5.74, 6) is -0.761. The lowest BCUT2D eigenvalue weighted by molar-refractivity contribution is -0.124. The molecule has 8 rings (SSSR count). The second kappa shape index (κ2) is 22.6. The van der Waals surface area contributed by atoms with E-state index >= 15 is 0 Å². The number of carbonyl (C=O) groups excluding carboxylic acids is 3. The van der Waals surface area contributed by atoms with Gasteiger partial charge in [0.25, 0.3) is 11.8 Å². The number of halogens is 2. The number of fused-ring (bicyclic) bond motifs is 2. The topological polar surface area (TPSA) is 209 Å². The molecule has 3 atom stereocenters. The molecule has 3 N–H and O–H groups in total. The quantitative estimate of drug-likeness (QED) is 0.109. The molecule has 4 aromatic carbocycles. The van der Waals surface area contributed by atoms with Crippen molar-refractivity contribution in [2.24, 2.45) is 13.0 Å². The van der Waals surface area contributed by atoms with Crippen LogP contribution in [0.25, 0.3) is 21.0 Å². The first-order chi connectivity index (χ1) is 32.9. The third-order valence-electron chi connectivity index (χ3n) is 11.5. The van der Waals surface area contributed by atoms with E-state index in [9.17, 15) is 31.2 Å². The summed E-state index contributed by atoms with van der Waals surface area (Å²) < 4.78 is 69.0. The lowest BCUT2D eigenvalue weighted by atomic mass is 10.0. The lowest BCUT2D eigenvalue weighted by Gasteiger charge is -2.32. The summed E-state index contributed by atoms with van der Waals surface area (Å²) in [6, 6.07) is 30.3. The molecule has 364 valence electrons. The average molecular weight is 1040 g/mol. The van der Waals surface area contributed by atoms with Gasteiger partial charge in [0.2, 0.25) is 26.0 Å². The zero-order chi connectivity index (χ0) is 49.5. The highest BCUT2D eigenvalue weighted by Crippen LogP contribution is 2.29. The van der Waals surface area contributed by atoms with Crippen molar-refractivity contribution in [3.8, 4) is 6.07 Å². The Morgan fingerprint density at radius 2 is 1.41 bits per heavy atom. The number of sulfonamides is 2. The van der Waals surface area contributed by atoms with Gasteiger partial charge < -0.3 is 30.0 Å². The molecular formula is C48H51Cl2N7O9S3. The first-order valence-corrected chi connectivity index (χ1v) is 26.5. The summed E-state index contributed by atoms with van der Waals surface area (Å²) in [4.78, 5) is 39.5. The van der Waals surface area contributed by atoms with Crippen molar-refractivity contribution >= 4 is 93.3 Å². The average Bonchev–Trinajstić information content (AvgIpc) is 3.94. The summed E-state index contributed by atoms with van der Waals surface area (Å²) >= 11 is 13.4. The number of nitrogens with one attached hydrogen (secondary N) is 3. The molecule has 2 aromatic heterocycles. The number of ether oxygens (including phenoxy) is 2. The molecule has 4 heterocycles. The fourth-order valence-electron chi connectivity index (χ4n) is 7.91. The van der Waals surface area contributed by atoms with Crippen molar-refractivity contribution < 1.29 is 40.7 Å². The summed E-state index contributed by atoms with van der Waals surface area (Å²) in [6.07, 6.45) is -0.575. The Kier molecular flexibility index (Phi) is 16.8. The highest BCUT2D eigenvalue weighted by atomic mass is 35.5. The Morgan fingerprint density at radius 3 is 2.03 bits per heavy atom. The normalized spacial score (nSPS) is 17.4. The summed E-state index contributed by atoms with van der Waals surface area (Å²) in [5, 5.41) is 19.9. The van der Waals surface area contributed by atoms with E-state index in [2.05, 4.69) is 16.0 Å². The van der Waals surface area contributed by atoms with Crippen LogP contribution < -0.4 is 16.0 Å². The molecule has 69 heavy (non-hydrogen) atoms. The van der Waals surface area contributed by atoms with Crippen LogP contribution in [-0.2, 0) is 41.4 Å². The molecule has 0 bridgehead atoms. The number of amides is 3. The first-order valence-electron chi connectivity index (χ1n) is 22.0. The first kappa shape index (κ1) is 51.5. The molecule has 3 amide bonds. The number of benzene rings is 4.